The summed E-state index contributed by atoms with van der Waals surface area (Å²) >= 11 is 0. The Morgan fingerprint density at radius 2 is 1.73 bits per heavy atom. The maximum Gasteiger partial charge on any atom is 0.276 e. The number of hydrogen-bond donors (Lipinski definition) is 2. The van der Waals surface area contributed by atoms with E-state index in [2.05, 4.69) is 61.1 Å². The molecule has 0 fully saturated rings. The van der Waals surface area contributed by atoms with Gasteiger partial charge in [-0.25, -0.2) is 10.1 Å². The molecule has 1 amide bonds. The van der Waals surface area contributed by atoms with Crippen LogP contribution in [0.25, 0.3) is 0 Å². The van der Waals surface area contributed by atoms with Gasteiger partial charge in [-0.1, -0.05) is 81.1 Å². The fraction of sp³-hybridized carbons (Fsp3) is 0.357. The lowest BCUT2D eigenvalue weighted by Crippen LogP contribution is -2.27. The highest BCUT2D eigenvalue weighted by atomic mass is 16.5. The van der Waals surface area contributed by atoms with Crippen LogP contribution in [0.4, 0.5) is 0 Å². The van der Waals surface area contributed by atoms with E-state index in [1.54, 1.807) is 13.0 Å². The molecule has 1 rings (SSSR count). The number of allylic oxidation sites excluding steroid dienone is 6. The third-order valence-corrected chi connectivity index (χ3v) is 5.02. The standard InChI is InChI=1S/C28H39N3O2/c1-6-9-10-11-12-13-14-22-29-27(23(4)28(32)31(5)33)30-26(8-3)17-15-16-25-20-18-24(7-2)19-21-25/h8-14,18-21,29,33H,3,6-7,15-17,22H2,1-2,4-5H3/b10-9+,12-11-,14-13+,27-23+,30-26-. The van der Waals surface area contributed by atoms with Gasteiger partial charge in [-0.2, -0.15) is 0 Å². The van der Waals surface area contributed by atoms with Gasteiger partial charge in [0.1, 0.15) is 5.82 Å². The van der Waals surface area contributed by atoms with Crippen LogP contribution in [0.2, 0.25) is 0 Å². The highest BCUT2D eigenvalue weighted by Gasteiger charge is 2.14. The molecule has 1 aromatic carbocycles. The van der Waals surface area contributed by atoms with Crippen LogP contribution >= 0.6 is 0 Å². The Morgan fingerprint density at radius 1 is 1.09 bits per heavy atom. The van der Waals surface area contributed by atoms with E-state index in [4.69, 9.17) is 0 Å². The van der Waals surface area contributed by atoms with Gasteiger partial charge in [0.25, 0.3) is 5.91 Å². The number of nitrogens with one attached hydrogen (secondary N) is 1. The van der Waals surface area contributed by atoms with Gasteiger partial charge in [-0.3, -0.25) is 10.0 Å². The molecule has 5 nitrogen and oxygen atoms in total. The Hall–Kier alpha value is -3.18. The van der Waals surface area contributed by atoms with Crippen molar-refractivity contribution in [3.05, 3.63) is 95.9 Å². The van der Waals surface area contributed by atoms with Crippen LogP contribution in [-0.2, 0) is 17.6 Å². The van der Waals surface area contributed by atoms with Crippen LogP contribution in [0, 0.1) is 0 Å². The minimum atomic E-state index is -0.505. The molecule has 0 atom stereocenters. The van der Waals surface area contributed by atoms with Crippen molar-refractivity contribution in [3.63, 3.8) is 0 Å². The minimum absolute atomic E-state index is 0.337. The van der Waals surface area contributed by atoms with Crippen LogP contribution in [0.3, 0.4) is 0 Å². The molecule has 33 heavy (non-hydrogen) atoms. The second-order valence-electron chi connectivity index (χ2n) is 7.66. The van der Waals surface area contributed by atoms with E-state index in [1.165, 1.54) is 18.2 Å². The molecule has 0 radical (unpaired) electrons. The third kappa shape index (κ3) is 11.3. The number of carbonyl (C=O) groups excluding carboxylic acids is 1. The summed E-state index contributed by atoms with van der Waals surface area (Å²) in [6.07, 6.45) is 18.2. The molecule has 5 heteroatoms. The second kappa shape index (κ2) is 16.5. The first-order valence-corrected chi connectivity index (χ1v) is 11.6. The van der Waals surface area contributed by atoms with E-state index >= 15 is 0 Å². The molecule has 0 spiro atoms. The first-order valence-electron chi connectivity index (χ1n) is 11.6. The quantitative estimate of drug-likeness (QED) is 0.121. The Kier molecular flexibility index (Phi) is 13.9. The third-order valence-electron chi connectivity index (χ3n) is 5.02. The van der Waals surface area contributed by atoms with E-state index in [-0.39, 0.29) is 0 Å². The molecule has 0 heterocycles. The molecule has 0 aliphatic heterocycles. The smallest absolute Gasteiger partial charge is 0.276 e. The number of nitrogens with zero attached hydrogens (tertiary/aromatic N) is 2. The van der Waals surface area contributed by atoms with Crippen molar-refractivity contribution in [1.29, 1.82) is 0 Å². The van der Waals surface area contributed by atoms with Crippen molar-refractivity contribution in [2.75, 3.05) is 13.6 Å². The minimum Gasteiger partial charge on any atom is -0.366 e. The number of likely N-dealkylation sites (N-methyl/N-ethyl adjacent to an activating group) is 1. The zero-order valence-electron chi connectivity index (χ0n) is 20.6. The van der Waals surface area contributed by atoms with E-state index < -0.39 is 5.91 Å². The predicted molar refractivity (Wildman–Crippen MR) is 139 cm³/mol. The fourth-order valence-corrected chi connectivity index (χ4v) is 3.01. The molecule has 2 N–H and O–H groups in total. The van der Waals surface area contributed by atoms with Gasteiger partial charge in [0.2, 0.25) is 0 Å². The van der Waals surface area contributed by atoms with E-state index in [1.807, 2.05) is 30.4 Å². The van der Waals surface area contributed by atoms with Crippen LogP contribution < -0.4 is 5.32 Å². The second-order valence-corrected chi connectivity index (χ2v) is 7.66. The monoisotopic (exact) mass is 449 g/mol. The number of aryl methyl sites for hydroxylation is 2. The molecule has 0 aromatic heterocycles. The predicted octanol–water partition coefficient (Wildman–Crippen LogP) is 5.95. The van der Waals surface area contributed by atoms with Gasteiger partial charge in [-0.15, -0.1) is 0 Å². The topological polar surface area (TPSA) is 64.9 Å². The van der Waals surface area contributed by atoms with Gasteiger partial charge in [-0.05, 0) is 56.2 Å². The molecule has 1 aromatic rings. The number of hydrogen-bond acceptors (Lipinski definition) is 4. The van der Waals surface area contributed by atoms with Crippen LogP contribution in [0.15, 0.2) is 89.8 Å². The molecular formula is C28H39N3O2. The summed E-state index contributed by atoms with van der Waals surface area (Å²) in [7, 11) is 1.31. The summed E-state index contributed by atoms with van der Waals surface area (Å²) in [5.41, 5.74) is 3.77. The lowest BCUT2D eigenvalue weighted by atomic mass is 10.0. The number of carbonyl (C=O) groups is 1. The number of aliphatic imine (C=N–C) groups is 1. The Bertz CT molecular complexity index is 888. The summed E-state index contributed by atoms with van der Waals surface area (Å²) in [5, 5.41) is 13.3. The summed E-state index contributed by atoms with van der Waals surface area (Å²) in [6.45, 7) is 10.3. The lowest BCUT2D eigenvalue weighted by Gasteiger charge is -2.13. The SMILES string of the molecule is C=C/C(CCCc1ccc(CC)cc1)=N/C(NC/C=C/C=C\C=C\CC)=C(\C)C(=O)N(C)O. The summed E-state index contributed by atoms with van der Waals surface area (Å²) in [6, 6.07) is 8.70. The molecule has 0 aliphatic rings. The summed E-state index contributed by atoms with van der Waals surface area (Å²) in [5.74, 6) is -0.0724. The number of rotatable bonds is 14. The zero-order valence-corrected chi connectivity index (χ0v) is 20.6. The van der Waals surface area contributed by atoms with Gasteiger partial charge >= 0.3 is 0 Å². The van der Waals surface area contributed by atoms with Gasteiger partial charge < -0.3 is 5.32 Å². The Labute approximate surface area is 199 Å². The molecule has 0 saturated carbocycles. The molecule has 0 unspecified atom stereocenters. The largest absolute Gasteiger partial charge is 0.366 e. The highest BCUT2D eigenvalue weighted by molar-refractivity contribution is 5.97. The average molecular weight is 450 g/mol. The van der Waals surface area contributed by atoms with Crippen molar-refractivity contribution >= 4 is 11.6 Å². The highest BCUT2D eigenvalue weighted by Crippen LogP contribution is 2.12. The van der Waals surface area contributed by atoms with Gasteiger partial charge in [0.15, 0.2) is 0 Å². The lowest BCUT2D eigenvalue weighted by molar-refractivity contribution is -0.154. The molecular weight excluding hydrogens is 410 g/mol. The fourth-order valence-electron chi connectivity index (χ4n) is 3.01. The summed E-state index contributed by atoms with van der Waals surface area (Å²) < 4.78 is 0. The first-order chi connectivity index (χ1) is 15.9. The average Bonchev–Trinajstić information content (AvgIpc) is 2.83. The van der Waals surface area contributed by atoms with E-state index in [0.717, 1.165) is 37.8 Å². The van der Waals surface area contributed by atoms with Crippen molar-refractivity contribution in [1.82, 2.24) is 10.4 Å². The van der Waals surface area contributed by atoms with Gasteiger partial charge in [0, 0.05) is 19.3 Å². The maximum atomic E-state index is 12.3. The van der Waals surface area contributed by atoms with Crippen LogP contribution in [0.5, 0.6) is 0 Å². The normalized spacial score (nSPS) is 13.1. The van der Waals surface area contributed by atoms with E-state index in [9.17, 15) is 10.0 Å². The molecule has 0 saturated heterocycles. The number of amides is 1. The number of benzene rings is 1. The maximum absolute atomic E-state index is 12.3. The molecule has 0 bridgehead atoms. The van der Waals surface area contributed by atoms with Gasteiger partial charge in [0.05, 0.1) is 5.57 Å². The summed E-state index contributed by atoms with van der Waals surface area (Å²) in [4.78, 5) is 16.9. The number of hydroxylamine groups is 2. The zero-order chi connectivity index (χ0) is 24.5. The van der Waals surface area contributed by atoms with Crippen molar-refractivity contribution in [2.24, 2.45) is 4.99 Å². The van der Waals surface area contributed by atoms with Crippen molar-refractivity contribution < 1.29 is 10.0 Å². The Morgan fingerprint density at radius 3 is 2.30 bits per heavy atom. The first kappa shape index (κ1) is 27.9. The van der Waals surface area contributed by atoms with E-state index in [0.29, 0.717) is 23.0 Å². The molecule has 0 aliphatic carbocycles. The van der Waals surface area contributed by atoms with Crippen molar-refractivity contribution in [3.8, 4) is 0 Å². The van der Waals surface area contributed by atoms with Crippen molar-refractivity contribution in [2.45, 2.75) is 52.9 Å². The van der Waals surface area contributed by atoms with Crippen LogP contribution in [-0.4, -0.2) is 35.5 Å². The molecule has 178 valence electrons. The Balaban J connectivity index is 2.86. The van der Waals surface area contributed by atoms with Crippen LogP contribution in [0.1, 0.15) is 51.2 Å².